The highest BCUT2D eigenvalue weighted by molar-refractivity contribution is 8.32. The Morgan fingerprint density at radius 3 is 1.93 bits per heavy atom. The van der Waals surface area contributed by atoms with Crippen LogP contribution in [0, 0.1) is 5.41 Å². The number of hydrogen-bond donors (Lipinski definition) is 0. The molecule has 0 N–H and O–H groups in total. The average Bonchev–Trinajstić information content (AvgIpc) is 2.67. The van der Waals surface area contributed by atoms with Crippen molar-refractivity contribution < 1.29 is 0 Å². The molecule has 1 aromatic heterocycles. The van der Waals surface area contributed by atoms with Gasteiger partial charge in [-0.05, 0) is 57.9 Å². The molecule has 0 fully saturated rings. The summed E-state index contributed by atoms with van der Waals surface area (Å²) in [7, 11) is 3.80. The second kappa shape index (κ2) is 7.72. The number of hydrogen-bond acceptors (Lipinski definition) is 1. The van der Waals surface area contributed by atoms with E-state index in [0.717, 1.165) is 5.69 Å². The summed E-state index contributed by atoms with van der Waals surface area (Å²) >= 11 is 0. The first kappa shape index (κ1) is 21.8. The Kier molecular flexibility index (Phi) is 5.80. The molecule has 0 radical (unpaired) electrons. The number of pyridine rings is 1. The van der Waals surface area contributed by atoms with Crippen LogP contribution in [0.4, 0.5) is 0 Å². The van der Waals surface area contributed by atoms with Crippen LogP contribution in [0.2, 0.25) is 0 Å². The van der Waals surface area contributed by atoms with Crippen LogP contribution in [0.15, 0.2) is 71.8 Å². The quantitative estimate of drug-likeness (QED) is 0.565. The molecule has 0 unspecified atom stereocenters. The highest BCUT2D eigenvalue weighted by Crippen LogP contribution is 2.52. The van der Waals surface area contributed by atoms with Crippen molar-refractivity contribution in [3.63, 3.8) is 0 Å². The Labute approximate surface area is 180 Å². The Balaban J connectivity index is 2.14. The molecule has 0 aliphatic rings. The van der Waals surface area contributed by atoms with Gasteiger partial charge in [0.1, 0.15) is 15.7 Å². The van der Waals surface area contributed by atoms with Crippen molar-refractivity contribution in [2.24, 2.45) is 5.41 Å². The minimum Gasteiger partial charge on any atom is -0.256 e. The van der Waals surface area contributed by atoms with Crippen LogP contribution >= 0.6 is 10.0 Å². The maximum atomic E-state index is 4.95. The molecule has 1 heterocycles. The summed E-state index contributed by atoms with van der Waals surface area (Å²) in [6, 6.07) is 21.6. The van der Waals surface area contributed by atoms with Gasteiger partial charge in [0.25, 0.3) is 0 Å². The highest BCUT2D eigenvalue weighted by Gasteiger charge is 2.37. The molecular formula is C25H33B2NS. The third-order valence-corrected chi connectivity index (χ3v) is 8.00. The van der Waals surface area contributed by atoms with Crippen molar-refractivity contribution in [3.8, 4) is 22.4 Å². The van der Waals surface area contributed by atoms with Gasteiger partial charge in [-0.1, -0.05) is 74.5 Å². The van der Waals surface area contributed by atoms with Crippen molar-refractivity contribution >= 4 is 25.7 Å². The van der Waals surface area contributed by atoms with E-state index in [1.165, 1.54) is 27.1 Å². The first-order chi connectivity index (χ1) is 13.4. The van der Waals surface area contributed by atoms with Gasteiger partial charge < -0.3 is 0 Å². The average molecular weight is 401 g/mol. The Bertz CT molecular complexity index is 999. The van der Waals surface area contributed by atoms with E-state index >= 15 is 0 Å². The lowest BCUT2D eigenvalue weighted by molar-refractivity contribution is 0.354. The molecule has 1 nitrogen and oxygen atoms in total. The molecule has 29 heavy (non-hydrogen) atoms. The van der Waals surface area contributed by atoms with Gasteiger partial charge in [0.15, 0.2) is 0 Å². The zero-order valence-electron chi connectivity index (χ0n) is 19.2. The predicted octanol–water partition coefficient (Wildman–Crippen LogP) is 4.93. The van der Waals surface area contributed by atoms with E-state index in [4.69, 9.17) is 4.98 Å². The zero-order valence-corrected chi connectivity index (χ0v) is 20.0. The summed E-state index contributed by atoms with van der Waals surface area (Å²) in [5, 5.41) is 0.0417. The van der Waals surface area contributed by atoms with Crippen LogP contribution in [0.1, 0.15) is 26.3 Å². The van der Waals surface area contributed by atoms with Crippen LogP contribution in [0.5, 0.6) is 0 Å². The van der Waals surface area contributed by atoms with Crippen LogP contribution < -0.4 is 0 Å². The summed E-state index contributed by atoms with van der Waals surface area (Å²) in [6.45, 7) is 6.98. The van der Waals surface area contributed by atoms with Gasteiger partial charge in [0.2, 0.25) is 0 Å². The van der Waals surface area contributed by atoms with Gasteiger partial charge in [-0.25, -0.2) is 10.0 Å². The normalized spacial score (nSPS) is 13.3. The first-order valence-electron chi connectivity index (χ1n) is 10.3. The Morgan fingerprint density at radius 1 is 0.759 bits per heavy atom. The lowest BCUT2D eigenvalue weighted by Gasteiger charge is -2.43. The minimum atomic E-state index is -0.910. The molecule has 4 heteroatoms. The standard InChI is InChI=1S/C25H33B2NS/c1-24(2,3)25(26,27)21-17-28-22(16-23(21)29(4,5)6)20-14-10-13-19(15-20)18-11-8-7-9-12-18/h7-17H,26-27H2,1-6H3. The number of benzene rings is 2. The van der Waals surface area contributed by atoms with Crippen molar-refractivity contribution in [2.75, 3.05) is 18.8 Å². The fraction of sp³-hybridized carbons (Fsp3) is 0.320. The summed E-state index contributed by atoms with van der Waals surface area (Å²) in [5.41, 5.74) is 6.25. The monoisotopic (exact) mass is 401 g/mol. The highest BCUT2D eigenvalue weighted by atomic mass is 32.3. The van der Waals surface area contributed by atoms with Crippen LogP contribution in [0.25, 0.3) is 22.4 Å². The van der Waals surface area contributed by atoms with Gasteiger partial charge in [0, 0.05) is 11.8 Å². The fourth-order valence-electron chi connectivity index (χ4n) is 3.46. The molecule has 2 aromatic carbocycles. The van der Waals surface area contributed by atoms with E-state index in [9.17, 15) is 0 Å². The molecular weight excluding hydrogens is 368 g/mol. The largest absolute Gasteiger partial charge is 0.256 e. The molecule has 150 valence electrons. The summed E-state index contributed by atoms with van der Waals surface area (Å²) < 4.78 is 0. The SMILES string of the molecule is BC(B)(c1cnc(-c2cccc(-c3ccccc3)c2)cc1S(C)(C)C)C(C)(C)C. The molecule has 0 spiro atoms. The van der Waals surface area contributed by atoms with E-state index < -0.39 is 10.0 Å². The maximum absolute atomic E-state index is 4.95. The number of aromatic nitrogens is 1. The van der Waals surface area contributed by atoms with Crippen LogP contribution in [0.3, 0.4) is 0 Å². The molecule has 0 saturated carbocycles. The third kappa shape index (κ3) is 4.48. The molecule has 3 rings (SSSR count). The van der Waals surface area contributed by atoms with E-state index in [1.54, 1.807) is 0 Å². The van der Waals surface area contributed by atoms with E-state index in [1.807, 2.05) is 0 Å². The lowest BCUT2D eigenvalue weighted by atomic mass is 9.41. The van der Waals surface area contributed by atoms with Crippen molar-refractivity contribution in [3.05, 3.63) is 72.4 Å². The molecule has 0 amide bonds. The predicted molar refractivity (Wildman–Crippen MR) is 137 cm³/mol. The van der Waals surface area contributed by atoms with Gasteiger partial charge in [-0.2, -0.15) is 0 Å². The summed E-state index contributed by atoms with van der Waals surface area (Å²) in [6.07, 6.45) is 9.29. The van der Waals surface area contributed by atoms with Gasteiger partial charge in [0.05, 0.1) is 5.69 Å². The van der Waals surface area contributed by atoms with E-state index in [2.05, 4.69) is 122 Å². The topological polar surface area (TPSA) is 12.9 Å². The zero-order chi connectivity index (χ0) is 21.4. The second-order valence-corrected chi connectivity index (χ2v) is 14.3. The Morgan fingerprint density at radius 2 is 1.34 bits per heavy atom. The van der Waals surface area contributed by atoms with E-state index in [-0.39, 0.29) is 10.6 Å². The third-order valence-electron chi connectivity index (χ3n) is 6.34. The minimum absolute atomic E-state index is 0.0417. The molecule has 0 aliphatic carbocycles. The fourth-order valence-corrected chi connectivity index (χ4v) is 4.90. The smallest absolute Gasteiger partial charge is 0.105 e. The first-order valence-corrected chi connectivity index (χ1v) is 13.1. The Hall–Kier alpha value is -1.93. The lowest BCUT2D eigenvalue weighted by Crippen LogP contribution is -2.42. The van der Waals surface area contributed by atoms with Crippen molar-refractivity contribution in [1.82, 2.24) is 4.98 Å². The van der Waals surface area contributed by atoms with Gasteiger partial charge >= 0.3 is 0 Å². The van der Waals surface area contributed by atoms with Crippen LogP contribution in [-0.2, 0) is 5.21 Å². The molecule has 0 aliphatic heterocycles. The summed E-state index contributed by atoms with van der Waals surface area (Å²) in [5.74, 6) is 0. The summed E-state index contributed by atoms with van der Waals surface area (Å²) in [4.78, 5) is 6.42. The number of nitrogens with zero attached hydrogens (tertiary/aromatic N) is 1. The number of rotatable bonds is 4. The van der Waals surface area contributed by atoms with Crippen molar-refractivity contribution in [2.45, 2.75) is 30.9 Å². The van der Waals surface area contributed by atoms with Crippen LogP contribution in [-0.4, -0.2) is 39.4 Å². The molecule has 0 bridgehead atoms. The molecule has 0 saturated heterocycles. The second-order valence-electron chi connectivity index (χ2n) is 10.2. The van der Waals surface area contributed by atoms with Gasteiger partial charge in [-0.15, -0.1) is 0 Å². The van der Waals surface area contributed by atoms with Gasteiger partial charge in [-0.3, -0.25) is 4.98 Å². The maximum Gasteiger partial charge on any atom is 0.105 e. The van der Waals surface area contributed by atoms with E-state index in [0.29, 0.717) is 0 Å². The molecule has 0 atom stereocenters. The van der Waals surface area contributed by atoms with Crippen molar-refractivity contribution in [1.29, 1.82) is 0 Å². The molecule has 3 aromatic rings.